The zero-order chi connectivity index (χ0) is 20.9. The lowest BCUT2D eigenvalue weighted by atomic mass is 10.1. The molecule has 5 heteroatoms. The molecule has 0 aliphatic heterocycles. The van der Waals surface area contributed by atoms with Crippen molar-refractivity contribution in [2.45, 2.75) is 39.3 Å². The standard InChI is InChI=1S/C24H24O2SSi2/c1-28(2,3)13-7-9-15-17(11-13)21(25)23-19(15)20-16-10-8-14(29(4,5)6)12-18(16)22(26)24(20)27-23/h7-12H,1-6H3. The second-order valence-electron chi connectivity index (χ2n) is 10.2. The first-order valence-corrected chi connectivity index (χ1v) is 17.9. The van der Waals surface area contributed by atoms with Crippen molar-refractivity contribution in [3.05, 3.63) is 56.8 Å². The number of rotatable bonds is 2. The van der Waals surface area contributed by atoms with Crippen molar-refractivity contribution in [2.24, 2.45) is 0 Å². The van der Waals surface area contributed by atoms with Crippen LogP contribution in [0.15, 0.2) is 46.0 Å². The van der Waals surface area contributed by atoms with E-state index in [2.05, 4.69) is 75.7 Å². The van der Waals surface area contributed by atoms with E-state index in [0.717, 1.165) is 41.7 Å². The Morgan fingerprint density at radius 1 is 0.586 bits per heavy atom. The maximum absolute atomic E-state index is 13.2. The quantitative estimate of drug-likeness (QED) is 0.366. The van der Waals surface area contributed by atoms with Crippen LogP contribution in [-0.4, -0.2) is 16.1 Å². The molecule has 0 radical (unpaired) electrons. The van der Waals surface area contributed by atoms with E-state index in [1.54, 1.807) is 0 Å². The number of hydrogen-bond donors (Lipinski definition) is 0. The minimum atomic E-state index is -1.50. The molecule has 0 fully saturated rings. The third-order valence-electron chi connectivity index (χ3n) is 6.12. The first-order valence-electron chi connectivity index (χ1n) is 10.0. The van der Waals surface area contributed by atoms with Gasteiger partial charge in [-0.25, -0.2) is 0 Å². The summed E-state index contributed by atoms with van der Waals surface area (Å²) in [5, 5.41) is 8.20. The zero-order valence-corrected chi connectivity index (χ0v) is 20.5. The van der Waals surface area contributed by atoms with Gasteiger partial charge >= 0.3 is 0 Å². The molecule has 146 valence electrons. The Morgan fingerprint density at radius 2 is 0.966 bits per heavy atom. The summed E-state index contributed by atoms with van der Waals surface area (Å²) in [4.78, 5) is 26.4. The lowest BCUT2D eigenvalue weighted by molar-refractivity contribution is 1.72. The molecule has 0 saturated carbocycles. The average Bonchev–Trinajstić information content (AvgIpc) is 3.23. The van der Waals surface area contributed by atoms with Crippen LogP contribution >= 0.6 is 11.3 Å². The fourth-order valence-corrected chi connectivity index (χ4v) is 7.90. The van der Waals surface area contributed by atoms with Gasteiger partial charge in [0.15, 0.2) is 0 Å². The van der Waals surface area contributed by atoms with Gasteiger partial charge in [-0.3, -0.25) is 9.59 Å². The Kier molecular flexibility index (Phi) is 3.75. The number of benzene rings is 2. The van der Waals surface area contributed by atoms with Crippen molar-refractivity contribution >= 4 is 79.6 Å². The highest BCUT2D eigenvalue weighted by Crippen LogP contribution is 2.40. The van der Waals surface area contributed by atoms with Crippen molar-refractivity contribution in [1.29, 1.82) is 0 Å². The van der Waals surface area contributed by atoms with Crippen molar-refractivity contribution < 1.29 is 0 Å². The van der Waals surface area contributed by atoms with E-state index in [1.807, 2.05) is 0 Å². The minimum absolute atomic E-state index is 0.0857. The molecule has 2 nitrogen and oxygen atoms in total. The molecule has 5 aromatic rings. The van der Waals surface area contributed by atoms with Crippen molar-refractivity contribution in [3.8, 4) is 0 Å². The lowest BCUT2D eigenvalue weighted by Gasteiger charge is -2.16. The Balaban J connectivity index is 1.94. The summed E-state index contributed by atoms with van der Waals surface area (Å²) in [6.07, 6.45) is 0. The van der Waals surface area contributed by atoms with Gasteiger partial charge in [-0.15, -0.1) is 11.3 Å². The number of thiophene rings is 1. The molecule has 0 atom stereocenters. The van der Waals surface area contributed by atoms with Gasteiger partial charge in [0.25, 0.3) is 0 Å². The van der Waals surface area contributed by atoms with Crippen LogP contribution in [0.25, 0.3) is 41.7 Å². The Morgan fingerprint density at radius 3 is 1.31 bits per heavy atom. The molecule has 1 aromatic heterocycles. The molecule has 0 N–H and O–H groups in total. The van der Waals surface area contributed by atoms with Gasteiger partial charge in [-0.1, -0.05) is 86.1 Å². The third kappa shape index (κ3) is 2.57. The first kappa shape index (κ1) is 18.9. The molecule has 29 heavy (non-hydrogen) atoms. The topological polar surface area (TPSA) is 34.1 Å². The van der Waals surface area contributed by atoms with Gasteiger partial charge in [-0.2, -0.15) is 0 Å². The second-order valence-corrected chi connectivity index (χ2v) is 21.4. The van der Waals surface area contributed by atoms with Gasteiger partial charge in [0.1, 0.15) is 0 Å². The predicted molar refractivity (Wildman–Crippen MR) is 135 cm³/mol. The molecule has 0 bridgehead atoms. The summed E-state index contributed by atoms with van der Waals surface area (Å²) < 4.78 is 1.48. The van der Waals surface area contributed by atoms with Crippen LogP contribution in [0.4, 0.5) is 0 Å². The van der Waals surface area contributed by atoms with Crippen LogP contribution in [0.2, 0.25) is 39.3 Å². The lowest BCUT2D eigenvalue weighted by Crippen LogP contribution is -2.37. The smallest absolute Gasteiger partial charge is 0.204 e. The van der Waals surface area contributed by atoms with Gasteiger partial charge in [-0.05, 0) is 10.8 Å². The predicted octanol–water partition coefficient (Wildman–Crippen LogP) is 5.05. The molecule has 0 saturated heterocycles. The molecular weight excluding hydrogens is 409 g/mol. The first-order chi connectivity index (χ1) is 13.5. The molecule has 1 heterocycles. The molecule has 4 aromatic carbocycles. The van der Waals surface area contributed by atoms with E-state index >= 15 is 0 Å². The van der Waals surface area contributed by atoms with E-state index < -0.39 is 16.1 Å². The average molecular weight is 433 g/mol. The molecule has 0 unspecified atom stereocenters. The Labute approximate surface area is 175 Å². The van der Waals surface area contributed by atoms with E-state index in [0.29, 0.717) is 0 Å². The fourth-order valence-electron chi connectivity index (χ4n) is 4.34. The fraction of sp³-hybridized carbons (Fsp3) is 0.250. The van der Waals surface area contributed by atoms with Gasteiger partial charge in [0, 0.05) is 21.5 Å². The van der Waals surface area contributed by atoms with Crippen LogP contribution in [0.1, 0.15) is 0 Å². The highest BCUT2D eigenvalue weighted by Gasteiger charge is 2.25. The Bertz CT molecular complexity index is 1440. The van der Waals surface area contributed by atoms with E-state index in [9.17, 15) is 9.59 Å². The monoisotopic (exact) mass is 432 g/mol. The van der Waals surface area contributed by atoms with Crippen molar-refractivity contribution in [1.82, 2.24) is 0 Å². The van der Waals surface area contributed by atoms with E-state index in [-0.39, 0.29) is 10.9 Å². The van der Waals surface area contributed by atoms with Crippen LogP contribution in [0.5, 0.6) is 0 Å². The highest BCUT2D eigenvalue weighted by atomic mass is 32.1. The maximum atomic E-state index is 13.2. The van der Waals surface area contributed by atoms with Crippen LogP contribution in [-0.2, 0) is 0 Å². The molecule has 5 rings (SSSR count). The van der Waals surface area contributed by atoms with Crippen LogP contribution < -0.4 is 21.2 Å². The zero-order valence-electron chi connectivity index (χ0n) is 17.7. The summed E-state index contributed by atoms with van der Waals surface area (Å²) >= 11 is 1.39. The molecule has 0 spiro atoms. The molecule has 0 amide bonds. The molecule has 0 aliphatic rings. The van der Waals surface area contributed by atoms with Crippen molar-refractivity contribution in [2.75, 3.05) is 0 Å². The molecular formula is C24H24O2SSi2. The van der Waals surface area contributed by atoms with E-state index in [1.165, 1.54) is 21.7 Å². The summed E-state index contributed by atoms with van der Waals surface area (Å²) in [5.41, 5.74) is 0.171. The minimum Gasteiger partial charge on any atom is -0.288 e. The van der Waals surface area contributed by atoms with Gasteiger partial charge < -0.3 is 0 Å². The Hall–Kier alpha value is -2.09. The second kappa shape index (κ2) is 5.74. The summed E-state index contributed by atoms with van der Waals surface area (Å²) in [7, 11) is -3.00. The van der Waals surface area contributed by atoms with Crippen molar-refractivity contribution in [3.63, 3.8) is 0 Å². The number of fused-ring (bicyclic) bond motifs is 7. The summed E-state index contributed by atoms with van der Waals surface area (Å²) in [5.74, 6) is 0. The normalized spacial score (nSPS) is 13.4. The van der Waals surface area contributed by atoms with E-state index in [4.69, 9.17) is 0 Å². The van der Waals surface area contributed by atoms with Crippen LogP contribution in [0.3, 0.4) is 0 Å². The number of hydrogen-bond acceptors (Lipinski definition) is 3. The summed E-state index contributed by atoms with van der Waals surface area (Å²) in [6.45, 7) is 13.8. The molecule has 0 aliphatic carbocycles. The van der Waals surface area contributed by atoms with Crippen LogP contribution in [0, 0.1) is 0 Å². The third-order valence-corrected chi connectivity index (χ3v) is 11.4. The highest BCUT2D eigenvalue weighted by molar-refractivity contribution is 7.26. The largest absolute Gasteiger partial charge is 0.288 e. The summed E-state index contributed by atoms with van der Waals surface area (Å²) in [6, 6.07) is 12.8. The SMILES string of the molecule is C[Si](C)(C)c1ccc2c(c1)c(=O)c1sc3c(=O)c4cc([Si](C)(C)C)ccc4c3c12. The maximum Gasteiger partial charge on any atom is 0.204 e. The van der Waals surface area contributed by atoms with Gasteiger partial charge in [0.05, 0.1) is 25.5 Å². The van der Waals surface area contributed by atoms with Gasteiger partial charge in [0.2, 0.25) is 10.9 Å².